The molecule has 1 atom stereocenters. The Morgan fingerprint density at radius 1 is 1.04 bits per heavy atom. The first-order valence-electron chi connectivity index (χ1n) is 16.9. The van der Waals surface area contributed by atoms with E-state index >= 15 is 0 Å². The lowest BCUT2D eigenvalue weighted by Gasteiger charge is -2.31. The molecule has 3 heterocycles. The van der Waals surface area contributed by atoms with E-state index in [2.05, 4.69) is 38.8 Å². The van der Waals surface area contributed by atoms with Crippen LogP contribution in [0.4, 0.5) is 5.95 Å². The van der Waals surface area contributed by atoms with Crippen LogP contribution in [0.2, 0.25) is 0 Å². The summed E-state index contributed by atoms with van der Waals surface area (Å²) < 4.78 is 41.6. The van der Waals surface area contributed by atoms with Crippen LogP contribution < -0.4 is 14.8 Å². The van der Waals surface area contributed by atoms with Gasteiger partial charge in [0.05, 0.1) is 28.0 Å². The number of nitrogens with one attached hydrogen (secondary N) is 2. The van der Waals surface area contributed by atoms with E-state index in [1.807, 2.05) is 38.1 Å². The molecule has 0 spiro atoms. The van der Waals surface area contributed by atoms with Gasteiger partial charge >= 0.3 is 5.97 Å². The maximum atomic E-state index is 13.4. The fraction of sp³-hybridized carbons (Fsp3) is 0.378. The lowest BCUT2D eigenvalue weighted by Crippen LogP contribution is -2.44. The second kappa shape index (κ2) is 14.2. The smallest absolute Gasteiger partial charge is 0.335 e. The number of nitrogens with zero attached hydrogens (tertiary/aromatic N) is 4. The molecule has 14 heteroatoms. The van der Waals surface area contributed by atoms with Gasteiger partial charge in [0, 0.05) is 36.2 Å². The number of aryl methyl sites for hydroxylation is 2. The van der Waals surface area contributed by atoms with E-state index in [-0.39, 0.29) is 52.8 Å². The topological polar surface area (TPSA) is 169 Å². The highest BCUT2D eigenvalue weighted by Crippen LogP contribution is 2.54. The molecule has 268 valence electrons. The predicted molar refractivity (Wildman–Crippen MR) is 195 cm³/mol. The summed E-state index contributed by atoms with van der Waals surface area (Å²) >= 11 is 0. The number of aromatic carboxylic acids is 1. The number of hydrogen-bond donors (Lipinski definition) is 3. The number of carboxylic acids is 1. The van der Waals surface area contributed by atoms with Crippen molar-refractivity contribution in [2.45, 2.75) is 76.8 Å². The van der Waals surface area contributed by atoms with Gasteiger partial charge in [-0.1, -0.05) is 38.1 Å². The molecule has 3 N–H and O–H groups in total. The van der Waals surface area contributed by atoms with Gasteiger partial charge in [0.25, 0.3) is 10.0 Å². The van der Waals surface area contributed by atoms with E-state index < -0.39 is 16.0 Å². The number of furan rings is 1. The summed E-state index contributed by atoms with van der Waals surface area (Å²) in [4.78, 5) is 29.7. The van der Waals surface area contributed by atoms with Crippen molar-refractivity contribution in [2.24, 2.45) is 11.3 Å². The van der Waals surface area contributed by atoms with Crippen LogP contribution in [0.5, 0.6) is 5.88 Å². The van der Waals surface area contributed by atoms with E-state index in [0.717, 1.165) is 65.4 Å². The summed E-state index contributed by atoms with van der Waals surface area (Å²) in [5.74, 6) is 0.588. The number of halogens is 1. The molecule has 2 fully saturated rings. The number of carbonyl (C=O) groups is 1. The fourth-order valence-electron chi connectivity index (χ4n) is 6.70. The number of rotatable bonds is 14. The Kier molecular flexibility index (Phi) is 10.1. The molecule has 1 unspecified atom stereocenters. The van der Waals surface area contributed by atoms with E-state index in [1.165, 1.54) is 18.2 Å². The van der Waals surface area contributed by atoms with Gasteiger partial charge in [-0.05, 0) is 80.2 Å². The second-order valence-electron chi connectivity index (χ2n) is 13.7. The largest absolute Gasteiger partial charge is 0.478 e. The van der Waals surface area contributed by atoms with Gasteiger partial charge in [0.2, 0.25) is 17.5 Å². The van der Waals surface area contributed by atoms with E-state index in [0.29, 0.717) is 29.8 Å². The average molecular weight is 733 g/mol. The van der Waals surface area contributed by atoms with Gasteiger partial charge < -0.3 is 19.6 Å². The third kappa shape index (κ3) is 7.70. The Hall–Kier alpha value is -4.59. The highest BCUT2D eigenvalue weighted by Gasteiger charge is 2.51. The van der Waals surface area contributed by atoms with E-state index in [4.69, 9.17) is 14.1 Å². The summed E-state index contributed by atoms with van der Waals surface area (Å²) in [5, 5.41) is 13.1. The Balaban J connectivity index is 0.00000448. The van der Waals surface area contributed by atoms with Gasteiger partial charge in [-0.25, -0.2) is 32.9 Å². The van der Waals surface area contributed by atoms with Crippen molar-refractivity contribution in [3.8, 4) is 17.1 Å². The molecule has 2 aliphatic carbocycles. The van der Waals surface area contributed by atoms with Crippen LogP contribution in [-0.2, 0) is 16.6 Å². The highest BCUT2D eigenvalue weighted by molar-refractivity contribution is 7.92. The molecule has 5 aromatic rings. The minimum absolute atomic E-state index is 0. The highest BCUT2D eigenvalue weighted by atomic mass is 35.5. The molecular formula is C37H41ClN6O6S. The molecule has 0 amide bonds. The minimum Gasteiger partial charge on any atom is -0.478 e. The molecule has 2 aromatic carbocycles. The van der Waals surface area contributed by atoms with Crippen LogP contribution in [0.15, 0.2) is 70.1 Å². The first kappa shape index (κ1) is 36.2. The van der Waals surface area contributed by atoms with Crippen LogP contribution in [0.3, 0.4) is 0 Å². The molecule has 0 saturated heterocycles. The Bertz CT molecular complexity index is 2180. The number of carboxylic acid groups (broad SMARTS) is 1. The van der Waals surface area contributed by atoms with Crippen LogP contribution in [0.25, 0.3) is 22.5 Å². The molecule has 7 rings (SSSR count). The monoisotopic (exact) mass is 732 g/mol. The molecule has 12 nitrogen and oxygen atoms in total. The lowest BCUT2D eigenvalue weighted by atomic mass is 9.85. The van der Waals surface area contributed by atoms with Crippen molar-refractivity contribution >= 4 is 45.6 Å². The molecular weight excluding hydrogens is 692 g/mol. The summed E-state index contributed by atoms with van der Waals surface area (Å²) in [7, 11) is -4.24. The van der Waals surface area contributed by atoms with Gasteiger partial charge in [0.1, 0.15) is 17.9 Å². The summed E-state index contributed by atoms with van der Waals surface area (Å²) in [6.45, 7) is 9.10. The van der Waals surface area contributed by atoms with E-state index in [9.17, 15) is 18.3 Å². The lowest BCUT2D eigenvalue weighted by molar-refractivity contribution is 0.0696. The van der Waals surface area contributed by atoms with Gasteiger partial charge in [-0.3, -0.25) is 0 Å². The van der Waals surface area contributed by atoms with Crippen molar-refractivity contribution in [3.63, 3.8) is 0 Å². The third-order valence-corrected chi connectivity index (χ3v) is 11.3. The maximum absolute atomic E-state index is 13.4. The van der Waals surface area contributed by atoms with Gasteiger partial charge in [-0.15, -0.1) is 12.4 Å². The van der Waals surface area contributed by atoms with Crippen LogP contribution in [0, 0.1) is 25.2 Å². The average Bonchev–Trinajstić information content (AvgIpc) is 4.02. The normalized spacial score (nSPS) is 15.7. The zero-order chi connectivity index (χ0) is 35.2. The van der Waals surface area contributed by atoms with Crippen molar-refractivity contribution in [3.05, 3.63) is 88.9 Å². The number of hydrogen-bond acceptors (Lipinski definition) is 10. The number of ether oxygens (including phenoxy) is 1. The zero-order valence-corrected chi connectivity index (χ0v) is 30.5. The molecule has 51 heavy (non-hydrogen) atoms. The van der Waals surface area contributed by atoms with Gasteiger partial charge in [0.15, 0.2) is 0 Å². The Morgan fingerprint density at radius 2 is 1.76 bits per heavy atom. The first-order valence-corrected chi connectivity index (χ1v) is 18.3. The molecule has 2 saturated carbocycles. The Morgan fingerprint density at radius 3 is 2.43 bits per heavy atom. The SMILES string of the molecule is Cc1cccc(C)c1-c1cc(OCC(NCc2cnc3oc(C4CC4)cc3n2)C2(C(C)C)CC2)nc(NS(=O)(=O)c2cccc(C(=O)O)c2)n1.Cl. The van der Waals surface area contributed by atoms with Crippen molar-refractivity contribution in [1.29, 1.82) is 0 Å². The van der Waals surface area contributed by atoms with E-state index in [1.54, 1.807) is 12.3 Å². The van der Waals surface area contributed by atoms with Gasteiger partial charge in [-0.2, -0.15) is 4.98 Å². The van der Waals surface area contributed by atoms with Crippen LogP contribution >= 0.6 is 12.4 Å². The second-order valence-corrected chi connectivity index (χ2v) is 15.4. The molecule has 0 bridgehead atoms. The summed E-state index contributed by atoms with van der Waals surface area (Å²) in [5.41, 5.74) is 5.20. The fourth-order valence-corrected chi connectivity index (χ4v) is 7.69. The van der Waals surface area contributed by atoms with Crippen molar-refractivity contribution in [1.82, 2.24) is 25.3 Å². The summed E-state index contributed by atoms with van der Waals surface area (Å²) in [6, 6.07) is 14.6. The zero-order valence-electron chi connectivity index (χ0n) is 28.8. The minimum atomic E-state index is -4.24. The first-order chi connectivity index (χ1) is 23.9. The molecule has 0 aliphatic heterocycles. The molecule has 0 radical (unpaired) electrons. The third-order valence-electron chi connectivity index (χ3n) is 9.94. The summed E-state index contributed by atoms with van der Waals surface area (Å²) in [6.07, 6.45) is 6.11. The predicted octanol–water partition coefficient (Wildman–Crippen LogP) is 7.07. The number of benzene rings is 2. The van der Waals surface area contributed by atoms with Crippen LogP contribution in [-0.4, -0.2) is 52.1 Å². The molecule has 2 aliphatic rings. The molecule has 3 aromatic heterocycles. The quantitative estimate of drug-likeness (QED) is 0.107. The van der Waals surface area contributed by atoms with Crippen molar-refractivity contribution in [2.75, 3.05) is 11.3 Å². The number of fused-ring (bicyclic) bond motifs is 1. The number of aromatic nitrogens is 4. The standard InChI is InChI=1S/C37H40N6O6S.ClH/c1-21(2)37(13-14-37)31(38-18-26-19-39-34-29(40-26)16-30(49-34)24-11-12-24)20-48-32-17-28(33-22(3)7-5-8-23(33)4)41-36(42-32)43-50(46,47)27-10-6-9-25(15-27)35(44)45;/h5-10,15-17,19,21,24,31,38H,11-14,18,20H2,1-4H3,(H,44,45)(H,41,42,43);1H. The van der Waals surface area contributed by atoms with Crippen LogP contribution in [0.1, 0.15) is 78.4 Å². The Labute approximate surface area is 303 Å². The number of anilines is 1. The number of sulfonamides is 1. The van der Waals surface area contributed by atoms with Crippen molar-refractivity contribution < 1.29 is 27.5 Å². The maximum Gasteiger partial charge on any atom is 0.335 e.